The van der Waals surface area contributed by atoms with Gasteiger partial charge in [-0.25, -0.2) is 9.18 Å². The maximum absolute atomic E-state index is 13.4. The minimum atomic E-state index is -0.590. The molecule has 0 aliphatic heterocycles. The van der Waals surface area contributed by atoms with E-state index in [1.807, 2.05) is 43.5 Å². The Morgan fingerprint density at radius 1 is 1.13 bits per heavy atom. The molecular formula is C27H27FN4O4S2. The zero-order valence-corrected chi connectivity index (χ0v) is 23.0. The minimum Gasteiger partial charge on any atom is -0.485 e. The quantitative estimate of drug-likeness (QED) is 0.193. The lowest BCUT2D eigenvalue weighted by Crippen LogP contribution is -2.16. The van der Waals surface area contributed by atoms with Gasteiger partial charge in [-0.15, -0.1) is 21.5 Å². The van der Waals surface area contributed by atoms with Crippen molar-refractivity contribution >= 4 is 40.0 Å². The monoisotopic (exact) mass is 554 g/mol. The molecule has 0 radical (unpaired) electrons. The number of aryl methyl sites for hydroxylation is 2. The number of ether oxygens (including phenoxy) is 2. The standard InChI is InChI=1S/C27H27FN4O4S2/c1-5-32-22(13-36-21-12-16(2)6-7-17(21)3)30-31-27(32)38-15-23(33)29-25-24(26(34)35-4)20(14-37-25)18-8-10-19(28)11-9-18/h6-12,14H,5,13,15H2,1-4H3,(H,29,33). The Bertz CT molecular complexity index is 1450. The largest absolute Gasteiger partial charge is 0.485 e. The first-order chi connectivity index (χ1) is 18.3. The van der Waals surface area contributed by atoms with Gasteiger partial charge in [-0.1, -0.05) is 36.0 Å². The van der Waals surface area contributed by atoms with Gasteiger partial charge >= 0.3 is 5.97 Å². The van der Waals surface area contributed by atoms with Crippen molar-refractivity contribution in [3.8, 4) is 16.9 Å². The number of amides is 1. The van der Waals surface area contributed by atoms with Crippen molar-refractivity contribution in [1.82, 2.24) is 14.8 Å². The fraction of sp³-hybridized carbons (Fsp3) is 0.259. The van der Waals surface area contributed by atoms with Gasteiger partial charge in [0.1, 0.15) is 28.7 Å². The molecule has 4 aromatic rings. The third-order valence-corrected chi connectivity index (χ3v) is 7.59. The zero-order chi connectivity index (χ0) is 27.2. The molecule has 38 heavy (non-hydrogen) atoms. The molecule has 2 heterocycles. The highest BCUT2D eigenvalue weighted by atomic mass is 32.2. The highest BCUT2D eigenvalue weighted by Gasteiger charge is 2.23. The molecule has 0 aliphatic rings. The van der Waals surface area contributed by atoms with Crippen LogP contribution >= 0.6 is 23.1 Å². The Kier molecular flexibility index (Phi) is 8.80. The first kappa shape index (κ1) is 27.3. The van der Waals surface area contributed by atoms with Crippen molar-refractivity contribution in [2.45, 2.75) is 39.1 Å². The van der Waals surface area contributed by atoms with Crippen LogP contribution in [0, 0.1) is 19.7 Å². The van der Waals surface area contributed by atoms with Gasteiger partial charge in [-0.2, -0.15) is 0 Å². The number of hydrogen-bond donors (Lipinski definition) is 1. The van der Waals surface area contributed by atoms with Gasteiger partial charge in [0, 0.05) is 17.5 Å². The van der Waals surface area contributed by atoms with E-state index in [4.69, 9.17) is 9.47 Å². The predicted molar refractivity (Wildman–Crippen MR) is 146 cm³/mol. The van der Waals surface area contributed by atoms with Crippen LogP contribution in [0.15, 0.2) is 53.0 Å². The molecule has 0 unspecified atom stereocenters. The normalized spacial score (nSPS) is 10.9. The Hall–Kier alpha value is -3.70. The van der Waals surface area contributed by atoms with Gasteiger partial charge in [-0.3, -0.25) is 4.79 Å². The molecular weight excluding hydrogens is 527 g/mol. The molecule has 0 bridgehead atoms. The molecule has 8 nitrogen and oxygen atoms in total. The fourth-order valence-electron chi connectivity index (χ4n) is 3.74. The topological polar surface area (TPSA) is 95.3 Å². The van der Waals surface area contributed by atoms with Crippen molar-refractivity contribution in [3.63, 3.8) is 0 Å². The van der Waals surface area contributed by atoms with Crippen LogP contribution < -0.4 is 10.1 Å². The van der Waals surface area contributed by atoms with Crippen molar-refractivity contribution < 1.29 is 23.5 Å². The number of benzene rings is 2. The molecule has 2 aromatic carbocycles. The molecule has 0 fully saturated rings. The Morgan fingerprint density at radius 3 is 2.61 bits per heavy atom. The van der Waals surface area contributed by atoms with Crippen molar-refractivity contribution in [2.75, 3.05) is 18.2 Å². The summed E-state index contributed by atoms with van der Waals surface area (Å²) in [7, 11) is 1.27. The van der Waals surface area contributed by atoms with Gasteiger partial charge < -0.3 is 19.4 Å². The highest BCUT2D eigenvalue weighted by Crippen LogP contribution is 2.36. The average molecular weight is 555 g/mol. The molecule has 0 saturated heterocycles. The average Bonchev–Trinajstić information content (AvgIpc) is 3.51. The SMILES string of the molecule is CCn1c(COc2cc(C)ccc2C)nnc1SCC(=O)Nc1scc(-c2ccc(F)cc2)c1C(=O)OC. The number of thioether (sulfide) groups is 1. The van der Waals surface area contributed by atoms with Crippen LogP contribution in [0.1, 0.15) is 34.2 Å². The van der Waals surface area contributed by atoms with Gasteiger partial charge in [-0.05, 0) is 55.7 Å². The summed E-state index contributed by atoms with van der Waals surface area (Å²) in [5.41, 5.74) is 3.57. The molecule has 4 rings (SSSR count). The lowest BCUT2D eigenvalue weighted by molar-refractivity contribution is -0.113. The third-order valence-electron chi connectivity index (χ3n) is 5.73. The second-order valence-electron chi connectivity index (χ2n) is 8.39. The van der Waals surface area contributed by atoms with Crippen molar-refractivity contribution in [1.29, 1.82) is 0 Å². The van der Waals surface area contributed by atoms with Gasteiger partial charge in [0.25, 0.3) is 0 Å². The first-order valence-corrected chi connectivity index (χ1v) is 13.7. The highest BCUT2D eigenvalue weighted by molar-refractivity contribution is 7.99. The first-order valence-electron chi connectivity index (χ1n) is 11.8. The van der Waals surface area contributed by atoms with Crippen LogP contribution in [-0.4, -0.2) is 39.5 Å². The van der Waals surface area contributed by atoms with E-state index >= 15 is 0 Å². The third kappa shape index (κ3) is 6.22. The van der Waals surface area contributed by atoms with E-state index in [0.717, 1.165) is 16.9 Å². The van der Waals surface area contributed by atoms with Crippen LogP contribution in [-0.2, 0) is 22.7 Å². The number of esters is 1. The van der Waals surface area contributed by atoms with Crippen molar-refractivity contribution in [3.05, 3.63) is 76.2 Å². The molecule has 0 aliphatic carbocycles. The number of halogens is 1. The fourth-order valence-corrected chi connectivity index (χ4v) is 5.54. The van der Waals surface area contributed by atoms with E-state index in [2.05, 4.69) is 15.5 Å². The predicted octanol–water partition coefficient (Wildman–Crippen LogP) is 5.88. The van der Waals surface area contributed by atoms with E-state index in [1.54, 1.807) is 17.5 Å². The van der Waals surface area contributed by atoms with Gasteiger partial charge in [0.05, 0.1) is 12.9 Å². The van der Waals surface area contributed by atoms with Gasteiger partial charge in [0.15, 0.2) is 11.0 Å². The van der Waals surface area contributed by atoms with E-state index in [0.29, 0.717) is 33.7 Å². The number of rotatable bonds is 10. The number of carbonyl (C=O) groups is 2. The number of thiophene rings is 1. The zero-order valence-electron chi connectivity index (χ0n) is 21.4. The van der Waals surface area contributed by atoms with Crippen LogP contribution in [0.4, 0.5) is 9.39 Å². The van der Waals surface area contributed by atoms with E-state index in [9.17, 15) is 14.0 Å². The molecule has 0 atom stereocenters. The van der Waals surface area contributed by atoms with Crippen LogP contribution in [0.5, 0.6) is 5.75 Å². The smallest absolute Gasteiger partial charge is 0.341 e. The number of hydrogen-bond acceptors (Lipinski definition) is 8. The summed E-state index contributed by atoms with van der Waals surface area (Å²) in [6, 6.07) is 11.8. The van der Waals surface area contributed by atoms with E-state index < -0.39 is 5.97 Å². The number of carbonyl (C=O) groups excluding carboxylic acids is 2. The minimum absolute atomic E-state index is 0.0559. The summed E-state index contributed by atoms with van der Waals surface area (Å²) in [5, 5.41) is 14.0. The Labute approximate surface area is 228 Å². The number of aromatic nitrogens is 3. The molecule has 0 spiro atoms. The molecule has 11 heteroatoms. The Morgan fingerprint density at radius 2 is 1.89 bits per heavy atom. The van der Waals surface area contributed by atoms with E-state index in [1.165, 1.54) is 42.3 Å². The second-order valence-corrected chi connectivity index (χ2v) is 10.2. The number of nitrogens with one attached hydrogen (secondary N) is 1. The van der Waals surface area contributed by atoms with Crippen LogP contribution in [0.3, 0.4) is 0 Å². The molecule has 0 saturated carbocycles. The molecule has 1 amide bonds. The summed E-state index contributed by atoms with van der Waals surface area (Å²) in [4.78, 5) is 25.3. The second kappa shape index (κ2) is 12.2. The molecule has 1 N–H and O–H groups in total. The number of anilines is 1. The van der Waals surface area contributed by atoms with E-state index in [-0.39, 0.29) is 29.6 Å². The van der Waals surface area contributed by atoms with Gasteiger partial charge in [0.2, 0.25) is 5.91 Å². The lowest BCUT2D eigenvalue weighted by Gasteiger charge is -2.11. The lowest BCUT2D eigenvalue weighted by atomic mass is 10.0. The maximum atomic E-state index is 13.4. The summed E-state index contributed by atoms with van der Waals surface area (Å²) in [5.74, 6) is 0.224. The Balaban J connectivity index is 1.43. The van der Waals surface area contributed by atoms with Crippen LogP contribution in [0.25, 0.3) is 11.1 Å². The molecule has 198 valence electrons. The maximum Gasteiger partial charge on any atom is 0.341 e. The summed E-state index contributed by atoms with van der Waals surface area (Å²) in [6.45, 7) is 6.83. The summed E-state index contributed by atoms with van der Waals surface area (Å²) in [6.07, 6.45) is 0. The summed E-state index contributed by atoms with van der Waals surface area (Å²) >= 11 is 2.44. The van der Waals surface area contributed by atoms with Crippen molar-refractivity contribution in [2.24, 2.45) is 0 Å². The number of methoxy groups -OCH3 is 1. The number of nitrogens with zero attached hydrogens (tertiary/aromatic N) is 3. The van der Waals surface area contributed by atoms with Crippen LogP contribution in [0.2, 0.25) is 0 Å². The molecule has 2 aromatic heterocycles. The summed E-state index contributed by atoms with van der Waals surface area (Å²) < 4.78 is 26.2.